The van der Waals surface area contributed by atoms with E-state index in [4.69, 9.17) is 14.5 Å². The summed E-state index contributed by atoms with van der Waals surface area (Å²) < 4.78 is 13.3. The molecule has 3 aromatic rings. The van der Waals surface area contributed by atoms with E-state index in [0.29, 0.717) is 38.2 Å². The first kappa shape index (κ1) is 31.8. The van der Waals surface area contributed by atoms with Crippen molar-refractivity contribution in [2.45, 2.75) is 78.0 Å². The van der Waals surface area contributed by atoms with E-state index in [1.165, 1.54) is 6.42 Å². The Balaban J connectivity index is 1.14. The van der Waals surface area contributed by atoms with Crippen LogP contribution in [0.5, 0.6) is 5.88 Å². The van der Waals surface area contributed by atoms with Gasteiger partial charge in [-0.15, -0.1) is 0 Å². The van der Waals surface area contributed by atoms with E-state index in [2.05, 4.69) is 38.2 Å². The highest BCUT2D eigenvalue weighted by atomic mass is 16.6. The number of nitrogens with one attached hydrogen (secondary N) is 1. The van der Waals surface area contributed by atoms with E-state index >= 15 is 0 Å². The molecule has 2 aliphatic rings. The van der Waals surface area contributed by atoms with E-state index in [-0.39, 0.29) is 12.7 Å². The molecule has 5 rings (SSSR count). The summed E-state index contributed by atoms with van der Waals surface area (Å²) in [6.45, 7) is 13.7. The number of fused-ring (bicyclic) bond motifs is 1. The number of amides is 1. The van der Waals surface area contributed by atoms with Crippen LogP contribution in [0.3, 0.4) is 0 Å². The highest BCUT2D eigenvalue weighted by molar-refractivity contribution is 5.68. The number of aromatic nitrogens is 4. The van der Waals surface area contributed by atoms with Crippen molar-refractivity contribution in [1.29, 1.82) is 0 Å². The number of carbonyl (C=O) groups excluding carboxylic acids is 1. The SMILES string of the molecule is CCc1cnn2c(NCc3ccc(OCCN4CCN(C(=O)OC(C)(C)C)CC4)nc3)cc(N3CCCC[C@H]3CCO)nc12. The lowest BCUT2D eigenvalue weighted by Gasteiger charge is -2.36. The molecule has 0 radical (unpaired) electrons. The predicted octanol–water partition coefficient (Wildman–Crippen LogP) is 3.97. The summed E-state index contributed by atoms with van der Waals surface area (Å²) in [5.41, 5.74) is 2.53. The van der Waals surface area contributed by atoms with Gasteiger partial charge in [-0.2, -0.15) is 9.61 Å². The van der Waals surface area contributed by atoms with Gasteiger partial charge < -0.3 is 29.7 Å². The number of anilines is 2. The van der Waals surface area contributed by atoms with Crippen LogP contribution >= 0.6 is 0 Å². The van der Waals surface area contributed by atoms with Gasteiger partial charge in [0, 0.05) is 82.4 Å². The lowest BCUT2D eigenvalue weighted by atomic mass is 9.99. The summed E-state index contributed by atoms with van der Waals surface area (Å²) in [5.74, 6) is 2.40. The number of aliphatic hydroxyl groups excluding tert-OH is 1. The molecule has 0 saturated carbocycles. The maximum Gasteiger partial charge on any atom is 0.410 e. The number of ether oxygens (including phenoxy) is 2. The van der Waals surface area contributed by atoms with Gasteiger partial charge in [0.1, 0.15) is 23.8 Å². The second kappa shape index (κ2) is 14.4. The van der Waals surface area contributed by atoms with Crippen LogP contribution in [-0.4, -0.2) is 105 Å². The van der Waals surface area contributed by atoms with Crippen molar-refractivity contribution in [3.63, 3.8) is 0 Å². The minimum atomic E-state index is -0.480. The second-order valence-electron chi connectivity index (χ2n) is 12.6. The van der Waals surface area contributed by atoms with Crippen molar-refractivity contribution < 1.29 is 19.4 Å². The Hall–Kier alpha value is -3.64. The lowest BCUT2D eigenvalue weighted by molar-refractivity contribution is 0.0136. The third kappa shape index (κ3) is 8.09. The largest absolute Gasteiger partial charge is 0.476 e. The van der Waals surface area contributed by atoms with Crippen molar-refractivity contribution in [2.24, 2.45) is 0 Å². The summed E-state index contributed by atoms with van der Waals surface area (Å²) in [5, 5.41) is 17.8. The molecule has 12 heteroatoms. The van der Waals surface area contributed by atoms with Gasteiger partial charge in [-0.05, 0) is 58.4 Å². The van der Waals surface area contributed by atoms with E-state index in [1.54, 1.807) is 4.90 Å². The first-order valence-electron chi connectivity index (χ1n) is 16.0. The molecule has 0 bridgehead atoms. The molecule has 0 spiro atoms. The van der Waals surface area contributed by atoms with Gasteiger partial charge in [0.2, 0.25) is 5.88 Å². The van der Waals surface area contributed by atoms with Crippen LogP contribution < -0.4 is 15.0 Å². The number of aliphatic hydroxyl groups is 1. The smallest absolute Gasteiger partial charge is 0.410 e. The summed E-state index contributed by atoms with van der Waals surface area (Å²) >= 11 is 0. The Bertz CT molecular complexity index is 1360. The highest BCUT2D eigenvalue weighted by Crippen LogP contribution is 2.29. The first-order chi connectivity index (χ1) is 21.2. The average molecular weight is 609 g/mol. The van der Waals surface area contributed by atoms with Crippen LogP contribution in [0.15, 0.2) is 30.6 Å². The Labute approximate surface area is 260 Å². The fourth-order valence-electron chi connectivity index (χ4n) is 5.82. The van der Waals surface area contributed by atoms with Crippen LogP contribution in [0.1, 0.15) is 64.5 Å². The number of pyridine rings is 1. The van der Waals surface area contributed by atoms with Gasteiger partial charge in [0.15, 0.2) is 5.65 Å². The van der Waals surface area contributed by atoms with Crippen molar-refractivity contribution in [3.05, 3.63) is 41.7 Å². The number of nitrogens with zero attached hydrogens (tertiary/aromatic N) is 7. The number of hydrogen-bond acceptors (Lipinski definition) is 10. The molecule has 0 unspecified atom stereocenters. The number of piperazine rings is 1. The minimum absolute atomic E-state index is 0.182. The zero-order chi connectivity index (χ0) is 31.1. The van der Waals surface area contributed by atoms with Gasteiger partial charge in [-0.25, -0.2) is 14.8 Å². The summed E-state index contributed by atoms with van der Waals surface area (Å²) in [6.07, 6.45) is 8.47. The Kier molecular flexibility index (Phi) is 10.4. The third-order valence-electron chi connectivity index (χ3n) is 8.25. The standard InChI is InChI=1S/C32H48N8O4/c1-5-25-23-35-40-27(20-28(36-30(25)40)39-12-7-6-8-26(39)11-18-41)33-21-24-9-10-29(34-22-24)43-19-17-37-13-15-38(16-14-37)31(42)44-32(2,3)4/h9-10,20,22-23,26,33,41H,5-8,11-19,21H2,1-4H3/t26-/m0/s1. The van der Waals surface area contributed by atoms with Crippen molar-refractivity contribution in [2.75, 3.05) is 62.7 Å². The summed E-state index contributed by atoms with van der Waals surface area (Å²) in [4.78, 5) is 28.3. The van der Waals surface area contributed by atoms with Crippen molar-refractivity contribution >= 4 is 23.4 Å². The molecule has 240 valence electrons. The molecule has 2 N–H and O–H groups in total. The molecule has 2 saturated heterocycles. The van der Waals surface area contributed by atoms with Gasteiger partial charge >= 0.3 is 6.09 Å². The Morgan fingerprint density at radius 3 is 2.64 bits per heavy atom. The fourth-order valence-corrected chi connectivity index (χ4v) is 5.82. The highest BCUT2D eigenvalue weighted by Gasteiger charge is 2.26. The van der Waals surface area contributed by atoms with E-state index in [9.17, 15) is 9.90 Å². The Morgan fingerprint density at radius 2 is 1.93 bits per heavy atom. The molecule has 2 fully saturated rings. The predicted molar refractivity (Wildman–Crippen MR) is 170 cm³/mol. The molecular formula is C32H48N8O4. The first-order valence-corrected chi connectivity index (χ1v) is 16.0. The summed E-state index contributed by atoms with van der Waals surface area (Å²) in [7, 11) is 0. The van der Waals surface area contributed by atoms with E-state index in [0.717, 1.165) is 80.3 Å². The van der Waals surface area contributed by atoms with Crippen LogP contribution in [0.4, 0.5) is 16.4 Å². The topological polar surface area (TPSA) is 121 Å². The quantitative estimate of drug-likeness (QED) is 0.331. The van der Waals surface area contributed by atoms with Gasteiger partial charge in [0.05, 0.1) is 6.20 Å². The van der Waals surface area contributed by atoms with E-state index < -0.39 is 5.60 Å². The van der Waals surface area contributed by atoms with Crippen LogP contribution in [0.2, 0.25) is 0 Å². The van der Waals surface area contributed by atoms with Crippen molar-refractivity contribution in [3.8, 4) is 5.88 Å². The van der Waals surface area contributed by atoms with Gasteiger partial charge in [-0.3, -0.25) is 4.90 Å². The maximum atomic E-state index is 12.3. The molecule has 0 aromatic carbocycles. The fraction of sp³-hybridized carbons (Fsp3) is 0.625. The third-order valence-corrected chi connectivity index (χ3v) is 8.25. The Morgan fingerprint density at radius 1 is 1.11 bits per heavy atom. The lowest BCUT2D eigenvalue weighted by Crippen LogP contribution is -2.50. The van der Waals surface area contributed by atoms with Gasteiger partial charge in [0.25, 0.3) is 0 Å². The number of rotatable bonds is 11. The normalized spacial score (nSPS) is 18.1. The average Bonchev–Trinajstić information content (AvgIpc) is 3.44. The molecule has 44 heavy (non-hydrogen) atoms. The summed E-state index contributed by atoms with van der Waals surface area (Å²) in [6, 6.07) is 6.30. The van der Waals surface area contributed by atoms with Crippen molar-refractivity contribution in [1.82, 2.24) is 29.4 Å². The number of hydrogen-bond donors (Lipinski definition) is 2. The molecule has 3 aromatic heterocycles. The minimum Gasteiger partial charge on any atom is -0.476 e. The number of piperidine rings is 1. The zero-order valence-corrected chi connectivity index (χ0v) is 26.7. The van der Waals surface area contributed by atoms with Crippen LogP contribution in [0.25, 0.3) is 5.65 Å². The van der Waals surface area contributed by atoms with E-state index in [1.807, 2.05) is 49.8 Å². The number of aryl methyl sites for hydroxylation is 1. The zero-order valence-electron chi connectivity index (χ0n) is 26.7. The second-order valence-corrected chi connectivity index (χ2v) is 12.6. The van der Waals surface area contributed by atoms with Gasteiger partial charge in [-0.1, -0.05) is 13.0 Å². The molecular weight excluding hydrogens is 560 g/mol. The molecule has 1 amide bonds. The monoisotopic (exact) mass is 608 g/mol. The molecule has 1 atom stereocenters. The molecule has 2 aliphatic heterocycles. The van der Waals surface area contributed by atoms with Crippen LogP contribution in [0, 0.1) is 0 Å². The molecule has 5 heterocycles. The maximum absolute atomic E-state index is 12.3. The molecule has 12 nitrogen and oxygen atoms in total. The number of carbonyl (C=O) groups is 1. The molecule has 0 aliphatic carbocycles. The van der Waals surface area contributed by atoms with Crippen LogP contribution in [-0.2, 0) is 17.7 Å².